The molecule has 0 amide bonds. The zero-order chi connectivity index (χ0) is 15.6. The average Bonchev–Trinajstić information content (AvgIpc) is 2.43. The third-order valence-corrected chi connectivity index (χ3v) is 4.81. The Morgan fingerprint density at radius 3 is 2.43 bits per heavy atom. The summed E-state index contributed by atoms with van der Waals surface area (Å²) in [4.78, 5) is 0.00712. The zero-order valence-electron chi connectivity index (χ0n) is 10.9. The second-order valence-corrected chi connectivity index (χ2v) is 6.63. The summed E-state index contributed by atoms with van der Waals surface area (Å²) in [5.74, 6) is 0.379. The molecule has 0 aliphatic heterocycles. The van der Waals surface area contributed by atoms with Crippen molar-refractivity contribution in [1.82, 2.24) is 0 Å². The number of hydrogen-bond donors (Lipinski definition) is 2. The van der Waals surface area contributed by atoms with Gasteiger partial charge in [-0.3, -0.25) is 4.72 Å². The third-order valence-electron chi connectivity index (χ3n) is 2.69. The number of sulfonamides is 1. The number of nitrogens with two attached hydrogens (primary N) is 1. The summed E-state index contributed by atoms with van der Waals surface area (Å²) in [5, 5.41) is 0.444. The molecule has 0 radical (unpaired) electrons. The first-order valence-corrected chi connectivity index (χ1v) is 7.99. The summed E-state index contributed by atoms with van der Waals surface area (Å²) in [6.45, 7) is 0. The Balaban J connectivity index is 2.35. The van der Waals surface area contributed by atoms with Crippen LogP contribution in [0.5, 0.6) is 5.75 Å². The normalized spacial score (nSPS) is 11.2. The highest BCUT2D eigenvalue weighted by Gasteiger charge is 2.16. The molecule has 3 N–H and O–H groups in total. The van der Waals surface area contributed by atoms with Crippen LogP contribution in [0.4, 0.5) is 11.4 Å². The highest BCUT2D eigenvalue weighted by Crippen LogP contribution is 2.28. The molecule has 0 saturated heterocycles. The summed E-state index contributed by atoms with van der Waals surface area (Å²) in [6, 6.07) is 8.64. The van der Waals surface area contributed by atoms with Crippen LogP contribution in [-0.4, -0.2) is 15.5 Å². The number of hydrogen-bond acceptors (Lipinski definition) is 4. The second-order valence-electron chi connectivity index (χ2n) is 4.14. The number of halogens is 2. The maximum absolute atomic E-state index is 12.3. The van der Waals surface area contributed by atoms with E-state index in [-0.39, 0.29) is 14.9 Å². The summed E-state index contributed by atoms with van der Waals surface area (Å²) >= 11 is 11.6. The van der Waals surface area contributed by atoms with E-state index in [2.05, 4.69) is 4.72 Å². The Kier molecular flexibility index (Phi) is 4.51. The minimum Gasteiger partial charge on any atom is -0.495 e. The highest BCUT2D eigenvalue weighted by molar-refractivity contribution is 7.92. The first-order valence-electron chi connectivity index (χ1n) is 5.75. The first-order chi connectivity index (χ1) is 9.83. The van der Waals surface area contributed by atoms with Crippen molar-refractivity contribution in [2.45, 2.75) is 4.90 Å². The van der Waals surface area contributed by atoms with Crippen molar-refractivity contribution in [3.63, 3.8) is 0 Å². The number of nitrogens with one attached hydrogen (secondary N) is 1. The summed E-state index contributed by atoms with van der Waals surface area (Å²) in [7, 11) is -2.33. The van der Waals surface area contributed by atoms with Gasteiger partial charge in [0.15, 0.2) is 0 Å². The molecule has 2 aromatic rings. The van der Waals surface area contributed by atoms with Crippen molar-refractivity contribution in [1.29, 1.82) is 0 Å². The van der Waals surface area contributed by atoms with Crippen LogP contribution in [0.15, 0.2) is 41.3 Å². The number of benzene rings is 2. The van der Waals surface area contributed by atoms with E-state index in [1.54, 1.807) is 6.07 Å². The molecule has 0 spiro atoms. The van der Waals surface area contributed by atoms with Crippen LogP contribution in [0.1, 0.15) is 0 Å². The maximum atomic E-state index is 12.3. The Morgan fingerprint density at radius 1 is 1.10 bits per heavy atom. The van der Waals surface area contributed by atoms with Gasteiger partial charge in [0.1, 0.15) is 5.75 Å². The number of rotatable bonds is 4. The molecule has 0 bridgehead atoms. The minimum absolute atomic E-state index is 0.00712. The summed E-state index contributed by atoms with van der Waals surface area (Å²) in [5.41, 5.74) is 6.42. The van der Waals surface area contributed by atoms with Gasteiger partial charge in [-0.05, 0) is 30.3 Å². The van der Waals surface area contributed by atoms with E-state index >= 15 is 0 Å². The molecule has 112 valence electrons. The van der Waals surface area contributed by atoms with Gasteiger partial charge in [0.05, 0.1) is 33.4 Å². The molecule has 0 aliphatic carbocycles. The first kappa shape index (κ1) is 15.8. The van der Waals surface area contributed by atoms with Crippen LogP contribution in [-0.2, 0) is 10.0 Å². The Bertz CT molecular complexity index is 779. The van der Waals surface area contributed by atoms with Crippen molar-refractivity contribution in [2.24, 2.45) is 0 Å². The SMILES string of the molecule is COc1cc(NS(=O)(=O)c2ccc(Cl)c(Cl)c2)ccc1N. The number of anilines is 2. The van der Waals surface area contributed by atoms with Crippen LogP contribution < -0.4 is 15.2 Å². The van der Waals surface area contributed by atoms with Gasteiger partial charge in [-0.15, -0.1) is 0 Å². The van der Waals surface area contributed by atoms with Crippen molar-refractivity contribution in [2.75, 3.05) is 17.6 Å². The van der Waals surface area contributed by atoms with Crippen LogP contribution in [0.2, 0.25) is 10.0 Å². The Hall–Kier alpha value is -1.63. The van der Waals surface area contributed by atoms with Gasteiger partial charge in [0.25, 0.3) is 10.0 Å². The van der Waals surface area contributed by atoms with Gasteiger partial charge < -0.3 is 10.5 Å². The average molecular weight is 347 g/mol. The molecule has 0 saturated carbocycles. The Morgan fingerprint density at radius 2 is 1.81 bits per heavy atom. The molecule has 0 heterocycles. The predicted molar refractivity (Wildman–Crippen MR) is 84.7 cm³/mol. The summed E-state index contributed by atoms with van der Waals surface area (Å²) in [6.07, 6.45) is 0. The molecule has 0 fully saturated rings. The predicted octanol–water partition coefficient (Wildman–Crippen LogP) is 3.39. The molecule has 8 heteroatoms. The van der Waals surface area contributed by atoms with E-state index in [1.165, 1.54) is 37.4 Å². The third kappa shape index (κ3) is 3.53. The number of nitrogen functional groups attached to an aromatic ring is 1. The monoisotopic (exact) mass is 346 g/mol. The van der Waals surface area contributed by atoms with Crippen LogP contribution >= 0.6 is 23.2 Å². The van der Waals surface area contributed by atoms with Crippen molar-refractivity contribution in [3.8, 4) is 5.75 Å². The van der Waals surface area contributed by atoms with Gasteiger partial charge in [0.2, 0.25) is 0 Å². The fraction of sp³-hybridized carbons (Fsp3) is 0.0769. The van der Waals surface area contributed by atoms with Crippen molar-refractivity contribution >= 4 is 44.6 Å². The topological polar surface area (TPSA) is 81.4 Å². The molecule has 21 heavy (non-hydrogen) atoms. The van der Waals surface area contributed by atoms with E-state index < -0.39 is 10.0 Å². The molecular formula is C13H12Cl2N2O3S. The lowest BCUT2D eigenvalue weighted by molar-refractivity contribution is 0.417. The molecule has 0 aliphatic rings. The van der Waals surface area contributed by atoms with E-state index in [1.807, 2.05) is 0 Å². The maximum Gasteiger partial charge on any atom is 0.261 e. The molecule has 5 nitrogen and oxygen atoms in total. The van der Waals surface area contributed by atoms with Gasteiger partial charge in [-0.25, -0.2) is 8.42 Å². The smallest absolute Gasteiger partial charge is 0.261 e. The molecule has 0 atom stereocenters. The molecule has 0 aromatic heterocycles. The largest absolute Gasteiger partial charge is 0.495 e. The molecular weight excluding hydrogens is 335 g/mol. The van der Waals surface area contributed by atoms with Gasteiger partial charge in [-0.1, -0.05) is 23.2 Å². The van der Waals surface area contributed by atoms with Gasteiger partial charge in [0, 0.05) is 6.07 Å². The summed E-state index contributed by atoms with van der Waals surface area (Å²) < 4.78 is 32.0. The van der Waals surface area contributed by atoms with Gasteiger partial charge in [-0.2, -0.15) is 0 Å². The molecule has 2 rings (SSSR count). The van der Waals surface area contributed by atoms with Gasteiger partial charge >= 0.3 is 0 Å². The Labute approximate surface area is 132 Å². The molecule has 2 aromatic carbocycles. The van der Waals surface area contributed by atoms with Crippen molar-refractivity contribution in [3.05, 3.63) is 46.4 Å². The fourth-order valence-electron chi connectivity index (χ4n) is 1.63. The number of methoxy groups -OCH3 is 1. The van der Waals surface area contributed by atoms with Crippen LogP contribution in [0, 0.1) is 0 Å². The minimum atomic E-state index is -3.78. The van der Waals surface area contributed by atoms with Crippen LogP contribution in [0.25, 0.3) is 0 Å². The van der Waals surface area contributed by atoms with Crippen LogP contribution in [0.3, 0.4) is 0 Å². The lowest BCUT2D eigenvalue weighted by atomic mass is 10.2. The van der Waals surface area contributed by atoms with E-state index in [0.29, 0.717) is 17.1 Å². The standard InChI is InChI=1S/C13H12Cl2N2O3S/c1-20-13-6-8(2-5-12(13)16)17-21(18,19)9-3-4-10(14)11(15)7-9/h2-7,17H,16H2,1H3. The lowest BCUT2D eigenvalue weighted by Gasteiger charge is -2.11. The second kappa shape index (κ2) is 6.01. The quantitative estimate of drug-likeness (QED) is 0.831. The van der Waals surface area contributed by atoms with E-state index in [4.69, 9.17) is 33.7 Å². The van der Waals surface area contributed by atoms with Crippen molar-refractivity contribution < 1.29 is 13.2 Å². The fourth-order valence-corrected chi connectivity index (χ4v) is 3.07. The van der Waals surface area contributed by atoms with E-state index in [0.717, 1.165) is 0 Å². The van der Waals surface area contributed by atoms with E-state index in [9.17, 15) is 8.42 Å². The lowest BCUT2D eigenvalue weighted by Crippen LogP contribution is -2.13. The highest BCUT2D eigenvalue weighted by atomic mass is 35.5. The zero-order valence-corrected chi connectivity index (χ0v) is 13.3. The molecule has 0 unspecified atom stereocenters. The number of ether oxygens (including phenoxy) is 1.